The predicted molar refractivity (Wildman–Crippen MR) is 73.4 cm³/mol. The van der Waals surface area contributed by atoms with Crippen LogP contribution in [0.1, 0.15) is 32.1 Å². The Morgan fingerprint density at radius 1 is 1.20 bits per heavy atom. The van der Waals surface area contributed by atoms with Crippen molar-refractivity contribution in [3.05, 3.63) is 18.5 Å². The van der Waals surface area contributed by atoms with Crippen LogP contribution in [0.25, 0.3) is 5.95 Å². The van der Waals surface area contributed by atoms with E-state index in [1.807, 2.05) is 0 Å². The fourth-order valence-corrected chi connectivity index (χ4v) is 2.46. The number of nitrogens with two attached hydrogens (primary N) is 1. The first-order valence-electron chi connectivity index (χ1n) is 6.95. The highest BCUT2D eigenvalue weighted by Gasteiger charge is 2.15. The minimum Gasteiger partial charge on any atom is -0.463 e. The highest BCUT2D eigenvalue weighted by Crippen LogP contribution is 2.24. The van der Waals surface area contributed by atoms with Crippen molar-refractivity contribution >= 4 is 5.95 Å². The van der Waals surface area contributed by atoms with Gasteiger partial charge in [-0.3, -0.25) is 0 Å². The number of nitrogens with zero attached hydrogens (tertiary/aromatic N) is 5. The third-order valence-electron chi connectivity index (χ3n) is 3.50. The van der Waals surface area contributed by atoms with Crippen LogP contribution in [0.5, 0.6) is 6.01 Å². The van der Waals surface area contributed by atoms with Crippen LogP contribution < -0.4 is 10.5 Å². The number of hydrogen-bond donors (Lipinski definition) is 1. The summed E-state index contributed by atoms with van der Waals surface area (Å²) in [4.78, 5) is 12.3. The first-order chi connectivity index (χ1) is 9.81. The Hall–Kier alpha value is -2.18. The van der Waals surface area contributed by atoms with Crippen molar-refractivity contribution in [1.29, 1.82) is 0 Å². The largest absolute Gasteiger partial charge is 0.463 e. The zero-order valence-corrected chi connectivity index (χ0v) is 11.3. The molecule has 2 N–H and O–H groups in total. The molecule has 0 unspecified atom stereocenters. The smallest absolute Gasteiger partial charge is 0.323 e. The van der Waals surface area contributed by atoms with E-state index < -0.39 is 0 Å². The molecular formula is C13H18N6O. The number of anilines is 1. The molecule has 1 aliphatic rings. The van der Waals surface area contributed by atoms with Crippen molar-refractivity contribution < 1.29 is 4.74 Å². The van der Waals surface area contributed by atoms with Gasteiger partial charge < -0.3 is 10.5 Å². The first-order valence-corrected chi connectivity index (χ1v) is 6.95. The summed E-state index contributed by atoms with van der Waals surface area (Å²) >= 11 is 0. The second kappa shape index (κ2) is 5.85. The maximum atomic E-state index is 5.69. The molecule has 20 heavy (non-hydrogen) atoms. The molecule has 2 heterocycles. The van der Waals surface area contributed by atoms with Crippen molar-refractivity contribution in [2.24, 2.45) is 5.92 Å². The Morgan fingerprint density at radius 2 is 2.05 bits per heavy atom. The van der Waals surface area contributed by atoms with Gasteiger partial charge >= 0.3 is 6.01 Å². The van der Waals surface area contributed by atoms with Gasteiger partial charge in [0.25, 0.3) is 5.95 Å². The van der Waals surface area contributed by atoms with Gasteiger partial charge in [0, 0.05) is 12.4 Å². The quantitative estimate of drug-likeness (QED) is 0.910. The van der Waals surface area contributed by atoms with Gasteiger partial charge in [-0.1, -0.05) is 19.3 Å². The van der Waals surface area contributed by atoms with Crippen molar-refractivity contribution in [3.8, 4) is 12.0 Å². The molecule has 0 bridgehead atoms. The average Bonchev–Trinajstić information content (AvgIpc) is 3.00. The van der Waals surface area contributed by atoms with Gasteiger partial charge in [0.15, 0.2) is 0 Å². The molecule has 0 spiro atoms. The molecule has 0 saturated heterocycles. The maximum absolute atomic E-state index is 5.69. The molecule has 7 nitrogen and oxygen atoms in total. The van der Waals surface area contributed by atoms with Gasteiger partial charge in [-0.15, -0.1) is 0 Å². The third-order valence-corrected chi connectivity index (χ3v) is 3.50. The predicted octanol–water partition coefficient (Wildman–Crippen LogP) is 1.60. The highest BCUT2D eigenvalue weighted by molar-refractivity contribution is 5.24. The van der Waals surface area contributed by atoms with Crippen molar-refractivity contribution in [1.82, 2.24) is 24.7 Å². The second-order valence-electron chi connectivity index (χ2n) is 5.04. The first kappa shape index (κ1) is 12.8. The Kier molecular flexibility index (Phi) is 3.76. The number of nitrogen functional groups attached to an aromatic ring is 1. The number of hydrogen-bond acceptors (Lipinski definition) is 6. The molecular weight excluding hydrogens is 256 g/mol. The molecule has 0 amide bonds. The second-order valence-corrected chi connectivity index (χ2v) is 5.04. The molecule has 2 aromatic rings. The molecule has 1 saturated carbocycles. The minimum atomic E-state index is 0.143. The Labute approximate surface area is 117 Å². The van der Waals surface area contributed by atoms with Crippen LogP contribution >= 0.6 is 0 Å². The van der Waals surface area contributed by atoms with E-state index in [-0.39, 0.29) is 12.0 Å². The lowest BCUT2D eigenvalue weighted by Crippen LogP contribution is -2.17. The van der Waals surface area contributed by atoms with Gasteiger partial charge in [-0.2, -0.15) is 20.1 Å². The molecule has 0 radical (unpaired) electrons. The van der Waals surface area contributed by atoms with E-state index in [1.165, 1.54) is 36.8 Å². The number of ether oxygens (including phenoxy) is 1. The standard InChI is InChI=1S/C13H18N6O/c14-11-16-12(19-8-4-7-15-19)18-13(17-11)20-9-10-5-2-1-3-6-10/h4,7-8,10H,1-3,5-6,9H2,(H2,14,16,17,18). The lowest BCUT2D eigenvalue weighted by Gasteiger charge is -2.20. The van der Waals surface area contributed by atoms with Crippen LogP contribution in [0.3, 0.4) is 0 Å². The molecule has 0 aliphatic heterocycles. The number of aromatic nitrogens is 5. The van der Waals surface area contributed by atoms with E-state index in [4.69, 9.17) is 10.5 Å². The van der Waals surface area contributed by atoms with Crippen molar-refractivity contribution in [2.75, 3.05) is 12.3 Å². The van der Waals surface area contributed by atoms with Crippen LogP contribution in [0.4, 0.5) is 5.95 Å². The third kappa shape index (κ3) is 3.04. The Morgan fingerprint density at radius 3 is 2.80 bits per heavy atom. The van der Waals surface area contributed by atoms with E-state index in [9.17, 15) is 0 Å². The molecule has 1 aliphatic carbocycles. The summed E-state index contributed by atoms with van der Waals surface area (Å²) in [5, 5.41) is 4.07. The minimum absolute atomic E-state index is 0.143. The van der Waals surface area contributed by atoms with Crippen LogP contribution in [0, 0.1) is 5.92 Å². The molecule has 3 rings (SSSR count). The van der Waals surface area contributed by atoms with Gasteiger partial charge in [-0.25, -0.2) is 4.68 Å². The lowest BCUT2D eigenvalue weighted by atomic mass is 9.90. The summed E-state index contributed by atoms with van der Waals surface area (Å²) < 4.78 is 7.21. The normalized spacial score (nSPS) is 16.2. The average molecular weight is 274 g/mol. The zero-order valence-electron chi connectivity index (χ0n) is 11.3. The zero-order chi connectivity index (χ0) is 13.8. The molecule has 0 aromatic carbocycles. The fourth-order valence-electron chi connectivity index (χ4n) is 2.46. The van der Waals surface area contributed by atoms with E-state index in [0.717, 1.165) is 0 Å². The monoisotopic (exact) mass is 274 g/mol. The van der Waals surface area contributed by atoms with Gasteiger partial charge in [0.05, 0.1) is 6.61 Å². The summed E-state index contributed by atoms with van der Waals surface area (Å²) in [6.07, 6.45) is 9.73. The molecule has 2 aromatic heterocycles. The van der Waals surface area contributed by atoms with Gasteiger partial charge in [0.1, 0.15) is 0 Å². The van der Waals surface area contributed by atoms with E-state index in [0.29, 0.717) is 18.5 Å². The summed E-state index contributed by atoms with van der Waals surface area (Å²) in [6, 6.07) is 2.07. The molecule has 7 heteroatoms. The summed E-state index contributed by atoms with van der Waals surface area (Å²) in [5.41, 5.74) is 5.69. The van der Waals surface area contributed by atoms with Crippen molar-refractivity contribution in [3.63, 3.8) is 0 Å². The van der Waals surface area contributed by atoms with Crippen molar-refractivity contribution in [2.45, 2.75) is 32.1 Å². The van der Waals surface area contributed by atoms with Crippen LogP contribution in [-0.2, 0) is 0 Å². The molecule has 106 valence electrons. The van der Waals surface area contributed by atoms with Crippen LogP contribution in [0.2, 0.25) is 0 Å². The maximum Gasteiger partial charge on any atom is 0.323 e. The van der Waals surface area contributed by atoms with Gasteiger partial charge in [0.2, 0.25) is 5.95 Å². The highest BCUT2D eigenvalue weighted by atomic mass is 16.5. The van der Waals surface area contributed by atoms with Crippen LogP contribution in [-0.4, -0.2) is 31.3 Å². The Balaban J connectivity index is 1.69. The van der Waals surface area contributed by atoms with Crippen LogP contribution in [0.15, 0.2) is 18.5 Å². The fraction of sp³-hybridized carbons (Fsp3) is 0.538. The van der Waals surface area contributed by atoms with E-state index in [1.54, 1.807) is 18.5 Å². The van der Waals surface area contributed by atoms with E-state index in [2.05, 4.69) is 20.1 Å². The Bertz CT molecular complexity index is 550. The molecule has 1 fully saturated rings. The van der Waals surface area contributed by atoms with E-state index >= 15 is 0 Å². The SMILES string of the molecule is Nc1nc(OCC2CCCCC2)nc(-n2cccn2)n1. The topological polar surface area (TPSA) is 91.7 Å². The summed E-state index contributed by atoms with van der Waals surface area (Å²) in [7, 11) is 0. The number of rotatable bonds is 4. The summed E-state index contributed by atoms with van der Waals surface area (Å²) in [6.45, 7) is 0.641. The van der Waals surface area contributed by atoms with Gasteiger partial charge in [-0.05, 0) is 24.8 Å². The molecule has 0 atom stereocenters. The summed E-state index contributed by atoms with van der Waals surface area (Å²) in [5.74, 6) is 1.11. The lowest BCUT2D eigenvalue weighted by molar-refractivity contribution is 0.196.